The highest BCUT2D eigenvalue weighted by atomic mass is 16.5. The molecule has 0 aliphatic carbocycles. The first-order valence-electron chi connectivity index (χ1n) is 8.13. The minimum absolute atomic E-state index is 0.0617. The summed E-state index contributed by atoms with van der Waals surface area (Å²) >= 11 is 0. The Morgan fingerprint density at radius 2 is 2.08 bits per heavy atom. The lowest BCUT2D eigenvalue weighted by Crippen LogP contribution is -2.39. The zero-order valence-corrected chi connectivity index (χ0v) is 13.7. The van der Waals surface area contributed by atoms with Crippen LogP contribution in [0.25, 0.3) is 0 Å². The molecule has 2 aromatic rings. The summed E-state index contributed by atoms with van der Waals surface area (Å²) in [5, 5.41) is 12.3. The molecule has 0 saturated carbocycles. The number of nitrogens with one attached hydrogen (secondary N) is 1. The minimum atomic E-state index is -0.0617. The van der Waals surface area contributed by atoms with Crippen molar-refractivity contribution in [2.75, 3.05) is 13.7 Å². The predicted molar refractivity (Wildman–Crippen MR) is 92.0 cm³/mol. The molecule has 2 aromatic carbocycles. The van der Waals surface area contributed by atoms with E-state index in [0.29, 0.717) is 6.54 Å². The fourth-order valence-electron chi connectivity index (χ4n) is 3.10. The van der Waals surface area contributed by atoms with Crippen LogP contribution in [-0.4, -0.2) is 29.7 Å². The number of ether oxygens (including phenoxy) is 1. The van der Waals surface area contributed by atoms with Gasteiger partial charge in [0.25, 0.3) is 0 Å². The molecule has 5 heteroatoms. The number of carbonyl (C=O) groups excluding carboxylic acids is 1. The summed E-state index contributed by atoms with van der Waals surface area (Å²) in [5.74, 6) is 1.03. The van der Waals surface area contributed by atoms with Crippen LogP contribution in [0.1, 0.15) is 30.0 Å². The van der Waals surface area contributed by atoms with E-state index >= 15 is 0 Å². The van der Waals surface area contributed by atoms with Crippen LogP contribution in [0.2, 0.25) is 0 Å². The third-order valence-corrected chi connectivity index (χ3v) is 4.37. The van der Waals surface area contributed by atoms with Crippen LogP contribution < -0.4 is 10.1 Å². The predicted octanol–water partition coefficient (Wildman–Crippen LogP) is 3.45. The van der Waals surface area contributed by atoms with Crippen molar-refractivity contribution in [3.8, 4) is 11.5 Å². The van der Waals surface area contributed by atoms with Gasteiger partial charge in [0.15, 0.2) is 0 Å². The van der Waals surface area contributed by atoms with Crippen molar-refractivity contribution < 1.29 is 14.6 Å². The fourth-order valence-corrected chi connectivity index (χ4v) is 3.10. The normalized spacial score (nSPS) is 16.9. The van der Waals surface area contributed by atoms with E-state index in [1.165, 1.54) is 0 Å². The second-order valence-corrected chi connectivity index (χ2v) is 5.95. The summed E-state index contributed by atoms with van der Waals surface area (Å²) in [7, 11) is 1.65. The molecule has 0 aromatic heterocycles. The number of hydrogen-bond donors (Lipinski definition) is 2. The van der Waals surface area contributed by atoms with Gasteiger partial charge in [0.1, 0.15) is 11.5 Å². The monoisotopic (exact) mass is 326 g/mol. The van der Waals surface area contributed by atoms with Crippen LogP contribution in [0.3, 0.4) is 0 Å². The van der Waals surface area contributed by atoms with Crippen molar-refractivity contribution in [1.82, 2.24) is 10.2 Å². The third kappa shape index (κ3) is 3.62. The van der Waals surface area contributed by atoms with Gasteiger partial charge in [-0.1, -0.05) is 24.3 Å². The lowest BCUT2D eigenvalue weighted by atomic mass is 10.0. The van der Waals surface area contributed by atoms with Gasteiger partial charge in [-0.3, -0.25) is 0 Å². The zero-order valence-electron chi connectivity index (χ0n) is 13.7. The number of likely N-dealkylation sites (tertiary alicyclic amines) is 1. The Kier molecular flexibility index (Phi) is 4.89. The Labute approximate surface area is 141 Å². The second kappa shape index (κ2) is 7.25. The molecule has 2 N–H and O–H groups in total. The number of amides is 2. The van der Waals surface area contributed by atoms with Gasteiger partial charge in [-0.25, -0.2) is 4.79 Å². The Bertz CT molecular complexity index is 700. The van der Waals surface area contributed by atoms with Crippen molar-refractivity contribution in [3.63, 3.8) is 0 Å². The van der Waals surface area contributed by atoms with Crippen LogP contribution in [-0.2, 0) is 6.54 Å². The van der Waals surface area contributed by atoms with Gasteiger partial charge in [-0.05, 0) is 48.2 Å². The molecular weight excluding hydrogens is 304 g/mol. The lowest BCUT2D eigenvalue weighted by molar-refractivity contribution is 0.192. The Hall–Kier alpha value is -2.69. The molecule has 1 aliphatic heterocycles. The van der Waals surface area contributed by atoms with E-state index in [-0.39, 0.29) is 17.8 Å². The topological polar surface area (TPSA) is 61.8 Å². The molecule has 126 valence electrons. The number of aromatic hydroxyl groups is 1. The number of phenolic OH excluding ortho intramolecular Hbond substituents is 1. The van der Waals surface area contributed by atoms with Crippen molar-refractivity contribution in [1.29, 1.82) is 0 Å². The number of benzene rings is 2. The van der Waals surface area contributed by atoms with Gasteiger partial charge >= 0.3 is 6.03 Å². The molecule has 1 heterocycles. The highest BCUT2D eigenvalue weighted by molar-refractivity contribution is 5.75. The van der Waals surface area contributed by atoms with Crippen molar-refractivity contribution in [2.45, 2.75) is 25.4 Å². The molecule has 1 unspecified atom stereocenters. The van der Waals surface area contributed by atoms with Gasteiger partial charge < -0.3 is 20.1 Å². The Morgan fingerprint density at radius 3 is 2.83 bits per heavy atom. The molecule has 0 radical (unpaired) electrons. The SMILES string of the molecule is COc1cccc(C2CCCN2C(=O)NCc2ccc(O)cc2)c1. The number of hydrogen-bond acceptors (Lipinski definition) is 3. The highest BCUT2D eigenvalue weighted by Gasteiger charge is 2.29. The molecule has 5 nitrogen and oxygen atoms in total. The van der Waals surface area contributed by atoms with Crippen LogP contribution >= 0.6 is 0 Å². The molecule has 0 bridgehead atoms. The largest absolute Gasteiger partial charge is 0.508 e. The minimum Gasteiger partial charge on any atom is -0.508 e. The second-order valence-electron chi connectivity index (χ2n) is 5.95. The van der Waals surface area contributed by atoms with E-state index in [1.54, 1.807) is 31.4 Å². The molecule has 1 fully saturated rings. The van der Waals surface area contributed by atoms with E-state index in [9.17, 15) is 9.90 Å². The van der Waals surface area contributed by atoms with Gasteiger partial charge in [-0.2, -0.15) is 0 Å². The molecule has 1 atom stereocenters. The van der Waals surface area contributed by atoms with Gasteiger partial charge in [0.05, 0.1) is 13.2 Å². The smallest absolute Gasteiger partial charge is 0.318 e. The van der Waals surface area contributed by atoms with E-state index in [1.807, 2.05) is 29.2 Å². The molecule has 1 aliphatic rings. The van der Waals surface area contributed by atoms with Gasteiger partial charge in [-0.15, -0.1) is 0 Å². The van der Waals surface area contributed by atoms with E-state index in [0.717, 1.165) is 36.3 Å². The molecule has 1 saturated heterocycles. The number of nitrogens with zero attached hydrogens (tertiary/aromatic N) is 1. The lowest BCUT2D eigenvalue weighted by Gasteiger charge is -2.25. The Morgan fingerprint density at radius 1 is 1.29 bits per heavy atom. The van der Waals surface area contributed by atoms with Crippen molar-refractivity contribution in [3.05, 3.63) is 59.7 Å². The standard InChI is InChI=1S/C19H22N2O3/c1-24-17-5-2-4-15(12-17)18-6-3-11-21(18)19(23)20-13-14-7-9-16(22)10-8-14/h2,4-5,7-10,12,18,22H,3,6,11,13H2,1H3,(H,20,23). The number of carbonyl (C=O) groups is 1. The average molecular weight is 326 g/mol. The maximum absolute atomic E-state index is 12.6. The summed E-state index contributed by atoms with van der Waals surface area (Å²) in [5.41, 5.74) is 2.06. The summed E-state index contributed by atoms with van der Waals surface area (Å²) < 4.78 is 5.29. The number of phenols is 1. The van der Waals surface area contributed by atoms with Crippen LogP contribution in [0.4, 0.5) is 4.79 Å². The third-order valence-electron chi connectivity index (χ3n) is 4.37. The zero-order chi connectivity index (χ0) is 16.9. The number of methoxy groups -OCH3 is 1. The first-order valence-corrected chi connectivity index (χ1v) is 8.13. The Balaban J connectivity index is 1.65. The molecule has 2 amide bonds. The maximum atomic E-state index is 12.6. The van der Waals surface area contributed by atoms with E-state index in [2.05, 4.69) is 5.32 Å². The van der Waals surface area contributed by atoms with E-state index in [4.69, 9.17) is 4.74 Å². The summed E-state index contributed by atoms with van der Waals surface area (Å²) in [6.45, 7) is 1.20. The number of urea groups is 1. The first-order chi connectivity index (χ1) is 11.7. The summed E-state index contributed by atoms with van der Waals surface area (Å²) in [6.07, 6.45) is 1.95. The van der Waals surface area contributed by atoms with Gasteiger partial charge in [0.2, 0.25) is 0 Å². The average Bonchev–Trinajstić information content (AvgIpc) is 3.11. The molecule has 3 rings (SSSR count). The first kappa shape index (κ1) is 16.2. The molecular formula is C19H22N2O3. The summed E-state index contributed by atoms with van der Waals surface area (Å²) in [4.78, 5) is 14.4. The fraction of sp³-hybridized carbons (Fsp3) is 0.316. The van der Waals surface area contributed by atoms with E-state index < -0.39 is 0 Å². The van der Waals surface area contributed by atoms with Crippen LogP contribution in [0.5, 0.6) is 11.5 Å². The van der Waals surface area contributed by atoms with Crippen molar-refractivity contribution >= 4 is 6.03 Å². The highest BCUT2D eigenvalue weighted by Crippen LogP contribution is 2.33. The van der Waals surface area contributed by atoms with Crippen LogP contribution in [0, 0.1) is 0 Å². The molecule has 24 heavy (non-hydrogen) atoms. The maximum Gasteiger partial charge on any atom is 0.318 e. The van der Waals surface area contributed by atoms with Gasteiger partial charge in [0, 0.05) is 13.1 Å². The van der Waals surface area contributed by atoms with Crippen LogP contribution in [0.15, 0.2) is 48.5 Å². The van der Waals surface area contributed by atoms with Crippen molar-refractivity contribution in [2.24, 2.45) is 0 Å². The molecule has 0 spiro atoms. The number of rotatable bonds is 4. The quantitative estimate of drug-likeness (QED) is 0.904. The summed E-state index contributed by atoms with van der Waals surface area (Å²) in [6, 6.07) is 14.8.